The number of carbonyl (C=O) groups is 2. The molecule has 0 heterocycles. The third kappa shape index (κ3) is 3.97. The first-order valence-electron chi connectivity index (χ1n) is 6.81. The van der Waals surface area contributed by atoms with Gasteiger partial charge in [0, 0.05) is 29.6 Å². The molecule has 5 heteroatoms. The van der Waals surface area contributed by atoms with E-state index in [9.17, 15) is 9.59 Å². The third-order valence-electron chi connectivity index (χ3n) is 3.56. The first-order chi connectivity index (χ1) is 9.47. The molecular formula is C15H19ClN2O2. The molecule has 0 bridgehead atoms. The van der Waals surface area contributed by atoms with Crippen LogP contribution in [0.4, 0.5) is 5.69 Å². The molecule has 0 radical (unpaired) electrons. The molecule has 0 unspecified atom stereocenters. The smallest absolute Gasteiger partial charge is 0.226 e. The number of hydrogen-bond acceptors (Lipinski definition) is 2. The van der Waals surface area contributed by atoms with Crippen LogP contribution < -0.4 is 10.6 Å². The van der Waals surface area contributed by atoms with Gasteiger partial charge < -0.3 is 10.6 Å². The number of nitrogens with one attached hydrogen (secondary N) is 2. The van der Waals surface area contributed by atoms with Crippen molar-refractivity contribution in [2.75, 3.05) is 11.9 Å². The van der Waals surface area contributed by atoms with Crippen molar-refractivity contribution in [1.82, 2.24) is 5.32 Å². The fraction of sp³-hybridized carbons (Fsp3) is 0.467. The van der Waals surface area contributed by atoms with E-state index in [1.165, 1.54) is 0 Å². The number of hydrogen-bond donors (Lipinski definition) is 2. The molecule has 1 aromatic carbocycles. The molecule has 0 aromatic heterocycles. The van der Waals surface area contributed by atoms with Crippen LogP contribution in [0.3, 0.4) is 0 Å². The molecule has 1 aliphatic carbocycles. The van der Waals surface area contributed by atoms with Crippen molar-refractivity contribution < 1.29 is 9.59 Å². The summed E-state index contributed by atoms with van der Waals surface area (Å²) in [5, 5.41) is 6.26. The Bertz CT molecular complexity index is 531. The molecule has 4 nitrogen and oxygen atoms in total. The van der Waals surface area contributed by atoms with E-state index in [4.69, 9.17) is 11.6 Å². The summed E-state index contributed by atoms with van der Waals surface area (Å²) < 4.78 is 0. The molecule has 0 aliphatic heterocycles. The Morgan fingerprint density at radius 3 is 2.70 bits per heavy atom. The van der Waals surface area contributed by atoms with Crippen LogP contribution in [0.2, 0.25) is 5.02 Å². The zero-order valence-electron chi connectivity index (χ0n) is 11.7. The lowest BCUT2D eigenvalue weighted by Crippen LogP contribution is -2.29. The Morgan fingerprint density at radius 1 is 1.40 bits per heavy atom. The number of rotatable bonds is 5. The van der Waals surface area contributed by atoms with Crippen molar-refractivity contribution in [3.8, 4) is 0 Å². The van der Waals surface area contributed by atoms with E-state index in [-0.39, 0.29) is 24.2 Å². The maximum absolute atomic E-state index is 11.8. The van der Waals surface area contributed by atoms with Gasteiger partial charge in [0.05, 0.1) is 0 Å². The molecule has 20 heavy (non-hydrogen) atoms. The minimum Gasteiger partial charge on any atom is -0.355 e. The highest BCUT2D eigenvalue weighted by atomic mass is 35.5. The summed E-state index contributed by atoms with van der Waals surface area (Å²) in [4.78, 5) is 23.4. The van der Waals surface area contributed by atoms with Gasteiger partial charge in [-0.25, -0.2) is 0 Å². The maximum atomic E-state index is 11.8. The fourth-order valence-corrected chi connectivity index (χ4v) is 2.32. The topological polar surface area (TPSA) is 58.2 Å². The molecule has 2 amide bonds. The summed E-state index contributed by atoms with van der Waals surface area (Å²) in [6, 6.07) is 5.31. The van der Waals surface area contributed by atoms with E-state index in [1.807, 2.05) is 6.92 Å². The average molecular weight is 295 g/mol. The van der Waals surface area contributed by atoms with Gasteiger partial charge >= 0.3 is 0 Å². The van der Waals surface area contributed by atoms with E-state index in [2.05, 4.69) is 17.6 Å². The lowest BCUT2D eigenvalue weighted by Gasteiger charge is -2.09. The van der Waals surface area contributed by atoms with Crippen LogP contribution in [0.1, 0.15) is 25.3 Å². The number of benzene rings is 1. The molecule has 1 aliphatic rings. The van der Waals surface area contributed by atoms with Crippen LogP contribution >= 0.6 is 11.6 Å². The van der Waals surface area contributed by atoms with Crippen LogP contribution in [-0.4, -0.2) is 18.4 Å². The maximum Gasteiger partial charge on any atom is 0.226 e. The molecular weight excluding hydrogens is 276 g/mol. The molecule has 0 saturated heterocycles. The van der Waals surface area contributed by atoms with Crippen molar-refractivity contribution in [3.63, 3.8) is 0 Å². The second-order valence-electron chi connectivity index (χ2n) is 5.37. The van der Waals surface area contributed by atoms with Crippen LogP contribution in [0, 0.1) is 18.8 Å². The number of carbonyl (C=O) groups excluding carboxylic acids is 2. The molecule has 108 valence electrons. The Hall–Kier alpha value is -1.55. The van der Waals surface area contributed by atoms with Gasteiger partial charge in [-0.3, -0.25) is 9.59 Å². The molecule has 2 N–H and O–H groups in total. The predicted molar refractivity (Wildman–Crippen MR) is 79.7 cm³/mol. The normalized spacial score (nSPS) is 20.4. The minimum atomic E-state index is -0.112. The van der Waals surface area contributed by atoms with Crippen molar-refractivity contribution in [3.05, 3.63) is 28.8 Å². The van der Waals surface area contributed by atoms with Crippen molar-refractivity contribution in [2.24, 2.45) is 11.8 Å². The van der Waals surface area contributed by atoms with Crippen LogP contribution in [0.25, 0.3) is 0 Å². The predicted octanol–water partition coefficient (Wildman–Crippen LogP) is 2.75. The second kappa shape index (κ2) is 6.27. The highest BCUT2D eigenvalue weighted by Crippen LogP contribution is 2.37. The number of anilines is 1. The van der Waals surface area contributed by atoms with Gasteiger partial charge in [0.1, 0.15) is 0 Å². The summed E-state index contributed by atoms with van der Waals surface area (Å²) in [5.74, 6) is 0.588. The van der Waals surface area contributed by atoms with Crippen molar-refractivity contribution in [1.29, 1.82) is 0 Å². The van der Waals surface area contributed by atoms with Gasteiger partial charge in [0.25, 0.3) is 0 Å². The zero-order valence-corrected chi connectivity index (χ0v) is 12.5. The second-order valence-corrected chi connectivity index (χ2v) is 5.80. The van der Waals surface area contributed by atoms with E-state index in [0.29, 0.717) is 17.5 Å². The summed E-state index contributed by atoms with van der Waals surface area (Å²) in [6.45, 7) is 4.32. The first kappa shape index (κ1) is 14.9. The van der Waals surface area contributed by atoms with E-state index in [1.54, 1.807) is 18.2 Å². The summed E-state index contributed by atoms with van der Waals surface area (Å²) in [7, 11) is 0. The highest BCUT2D eigenvalue weighted by molar-refractivity contribution is 6.30. The Kier molecular flexibility index (Phi) is 4.65. The Morgan fingerprint density at radius 2 is 2.10 bits per heavy atom. The quantitative estimate of drug-likeness (QED) is 0.877. The fourth-order valence-electron chi connectivity index (χ4n) is 2.10. The van der Waals surface area contributed by atoms with Gasteiger partial charge in [0.15, 0.2) is 0 Å². The van der Waals surface area contributed by atoms with Gasteiger partial charge in [-0.2, -0.15) is 0 Å². The van der Waals surface area contributed by atoms with Gasteiger partial charge in [-0.15, -0.1) is 0 Å². The van der Waals surface area contributed by atoms with Crippen LogP contribution in [0.15, 0.2) is 18.2 Å². The van der Waals surface area contributed by atoms with Gasteiger partial charge in [0.2, 0.25) is 11.8 Å². The summed E-state index contributed by atoms with van der Waals surface area (Å²) in [6.07, 6.45) is 1.23. The number of amides is 2. The molecule has 1 saturated carbocycles. The van der Waals surface area contributed by atoms with Crippen molar-refractivity contribution >= 4 is 29.1 Å². The zero-order chi connectivity index (χ0) is 14.7. The first-order valence-corrected chi connectivity index (χ1v) is 7.19. The minimum absolute atomic E-state index is 0.0629. The number of aryl methyl sites for hydroxylation is 1. The third-order valence-corrected chi connectivity index (χ3v) is 3.80. The molecule has 0 spiro atoms. The lowest BCUT2D eigenvalue weighted by molar-refractivity contribution is -0.122. The largest absolute Gasteiger partial charge is 0.355 e. The molecule has 2 atom stereocenters. The van der Waals surface area contributed by atoms with Crippen LogP contribution in [0.5, 0.6) is 0 Å². The van der Waals surface area contributed by atoms with Crippen molar-refractivity contribution in [2.45, 2.75) is 26.7 Å². The lowest BCUT2D eigenvalue weighted by atomic mass is 10.2. The van der Waals surface area contributed by atoms with E-state index < -0.39 is 0 Å². The average Bonchev–Trinajstić information content (AvgIpc) is 3.10. The van der Waals surface area contributed by atoms with Crippen LogP contribution in [-0.2, 0) is 9.59 Å². The van der Waals surface area contributed by atoms with E-state index >= 15 is 0 Å². The Balaban J connectivity index is 1.73. The molecule has 2 rings (SSSR count). The van der Waals surface area contributed by atoms with E-state index in [0.717, 1.165) is 17.7 Å². The van der Waals surface area contributed by atoms with Gasteiger partial charge in [-0.05, 0) is 43.0 Å². The SMILES string of the molecule is Cc1cc(Cl)ccc1NC(=O)CCNC(=O)[C@H]1C[C@H]1C. The standard InChI is InChI=1S/C15H19ClN2O2/c1-9-8-12(9)15(20)17-6-5-14(19)18-13-4-3-11(16)7-10(13)2/h3-4,7,9,12H,5-6,8H2,1-2H3,(H,17,20)(H,18,19)/t9-,12+/m1/s1. The molecule has 1 aromatic rings. The molecule has 1 fully saturated rings. The number of halogens is 1. The highest BCUT2D eigenvalue weighted by Gasteiger charge is 2.38. The monoisotopic (exact) mass is 294 g/mol. The summed E-state index contributed by atoms with van der Waals surface area (Å²) in [5.41, 5.74) is 1.67. The Labute approximate surface area is 123 Å². The van der Waals surface area contributed by atoms with Gasteiger partial charge in [-0.1, -0.05) is 18.5 Å². The summed E-state index contributed by atoms with van der Waals surface area (Å²) >= 11 is 5.86.